The molecule has 0 amide bonds. The normalized spacial score (nSPS) is 9.78. The van der Waals surface area contributed by atoms with Crippen LogP contribution in [0, 0.1) is 11.3 Å². The van der Waals surface area contributed by atoms with Gasteiger partial charge in [0.25, 0.3) is 5.56 Å². The number of hydrogen-bond acceptors (Lipinski definition) is 4. The zero-order valence-corrected chi connectivity index (χ0v) is 10.0. The van der Waals surface area contributed by atoms with Crippen LogP contribution in [0.25, 0.3) is 0 Å². The van der Waals surface area contributed by atoms with E-state index in [1.54, 1.807) is 12.1 Å². The Balaban J connectivity index is 2.09. The van der Waals surface area contributed by atoms with Crippen molar-refractivity contribution in [3.63, 3.8) is 0 Å². The minimum atomic E-state index is -0.429. The molecule has 0 unspecified atom stereocenters. The maximum atomic E-state index is 11.2. The fourth-order valence-corrected chi connectivity index (χ4v) is 1.56. The number of hydrogen-bond donors (Lipinski definition) is 2. The summed E-state index contributed by atoms with van der Waals surface area (Å²) in [4.78, 5) is 11.2. The van der Waals surface area contributed by atoms with Gasteiger partial charge in [-0.2, -0.15) is 10.4 Å². The molecule has 0 atom stereocenters. The van der Waals surface area contributed by atoms with Crippen molar-refractivity contribution in [2.75, 3.05) is 5.32 Å². The van der Waals surface area contributed by atoms with Gasteiger partial charge in [-0.05, 0) is 17.7 Å². The van der Waals surface area contributed by atoms with Crippen molar-refractivity contribution in [2.45, 2.75) is 6.54 Å². The van der Waals surface area contributed by atoms with E-state index >= 15 is 0 Å². The third kappa shape index (κ3) is 2.67. The number of nitriles is 1. The van der Waals surface area contributed by atoms with Crippen LogP contribution in [-0.2, 0) is 6.54 Å². The molecular weight excluding hydrogens is 252 g/mol. The lowest BCUT2D eigenvalue weighted by Crippen LogP contribution is -2.11. The summed E-state index contributed by atoms with van der Waals surface area (Å²) in [5.41, 5.74) is 1.63. The van der Waals surface area contributed by atoms with Crippen LogP contribution in [0.3, 0.4) is 0 Å². The van der Waals surface area contributed by atoms with Gasteiger partial charge in [-0.15, -0.1) is 0 Å². The Morgan fingerprint density at radius 3 is 2.78 bits per heavy atom. The number of aromatic nitrogens is 2. The molecule has 0 aliphatic heterocycles. The van der Waals surface area contributed by atoms with Gasteiger partial charge in [-0.3, -0.25) is 4.79 Å². The second kappa shape index (κ2) is 5.34. The fourth-order valence-electron chi connectivity index (χ4n) is 1.40. The van der Waals surface area contributed by atoms with Crippen molar-refractivity contribution in [3.05, 3.63) is 57.0 Å². The monoisotopic (exact) mass is 260 g/mol. The van der Waals surface area contributed by atoms with Gasteiger partial charge in [0, 0.05) is 6.54 Å². The van der Waals surface area contributed by atoms with Crippen LogP contribution in [0.5, 0.6) is 0 Å². The molecule has 1 heterocycles. The number of nitrogens with one attached hydrogen (secondary N) is 2. The average Bonchev–Trinajstić information content (AvgIpc) is 2.41. The summed E-state index contributed by atoms with van der Waals surface area (Å²) in [6.45, 7) is 0.497. The van der Waals surface area contributed by atoms with Gasteiger partial charge in [-0.25, -0.2) is 5.10 Å². The van der Waals surface area contributed by atoms with Gasteiger partial charge in [0.1, 0.15) is 5.02 Å². The Labute approximate surface area is 108 Å². The van der Waals surface area contributed by atoms with E-state index in [2.05, 4.69) is 15.5 Å². The number of H-pyrrole nitrogens is 1. The van der Waals surface area contributed by atoms with Crippen molar-refractivity contribution in [1.82, 2.24) is 10.2 Å². The number of benzene rings is 1. The standard InChI is InChI=1S/C12H9ClN4O/c13-11-10(7-16-17-12(11)18)15-6-9-3-1-8(5-14)2-4-9/h1-4,7H,6H2,(H2,15,17,18). The first-order valence-corrected chi connectivity index (χ1v) is 5.54. The van der Waals surface area contributed by atoms with E-state index in [1.807, 2.05) is 18.2 Å². The first-order chi connectivity index (χ1) is 8.70. The van der Waals surface area contributed by atoms with Gasteiger partial charge in [0.05, 0.1) is 23.5 Å². The lowest BCUT2D eigenvalue weighted by Gasteiger charge is -2.06. The van der Waals surface area contributed by atoms with E-state index in [0.717, 1.165) is 5.56 Å². The van der Waals surface area contributed by atoms with Gasteiger partial charge in [-0.1, -0.05) is 23.7 Å². The Kier molecular flexibility index (Phi) is 3.60. The summed E-state index contributed by atoms with van der Waals surface area (Å²) >= 11 is 5.82. The minimum absolute atomic E-state index is 0.0821. The lowest BCUT2D eigenvalue weighted by molar-refractivity contribution is 0.981. The van der Waals surface area contributed by atoms with E-state index < -0.39 is 5.56 Å². The van der Waals surface area contributed by atoms with Crippen LogP contribution in [0.15, 0.2) is 35.3 Å². The zero-order valence-electron chi connectivity index (χ0n) is 9.27. The second-order valence-electron chi connectivity index (χ2n) is 3.59. The van der Waals surface area contributed by atoms with Gasteiger partial charge < -0.3 is 5.32 Å². The molecule has 0 aliphatic carbocycles. The number of halogens is 1. The first-order valence-electron chi connectivity index (χ1n) is 5.17. The SMILES string of the molecule is N#Cc1ccc(CNc2cn[nH]c(=O)c2Cl)cc1. The maximum Gasteiger partial charge on any atom is 0.285 e. The Hall–Kier alpha value is -2.32. The highest BCUT2D eigenvalue weighted by atomic mass is 35.5. The average molecular weight is 261 g/mol. The molecule has 6 heteroatoms. The maximum absolute atomic E-state index is 11.2. The van der Waals surface area contributed by atoms with Crippen LogP contribution >= 0.6 is 11.6 Å². The summed E-state index contributed by atoms with van der Waals surface area (Å²) in [6.07, 6.45) is 1.45. The third-order valence-corrected chi connectivity index (χ3v) is 2.74. The predicted octanol–water partition coefficient (Wildman–Crippen LogP) is 1.91. The Morgan fingerprint density at radius 1 is 1.39 bits per heavy atom. The molecule has 0 spiro atoms. The Morgan fingerprint density at radius 2 is 2.11 bits per heavy atom. The van der Waals surface area contributed by atoms with Gasteiger partial charge >= 0.3 is 0 Å². The summed E-state index contributed by atoms with van der Waals surface area (Å²) in [5.74, 6) is 0. The van der Waals surface area contributed by atoms with E-state index in [1.165, 1.54) is 6.20 Å². The first kappa shape index (κ1) is 12.1. The second-order valence-corrected chi connectivity index (χ2v) is 3.97. The topological polar surface area (TPSA) is 81.6 Å². The summed E-state index contributed by atoms with van der Waals surface area (Å²) in [7, 11) is 0. The third-order valence-electron chi connectivity index (χ3n) is 2.36. The highest BCUT2D eigenvalue weighted by molar-refractivity contribution is 6.32. The fraction of sp³-hybridized carbons (Fsp3) is 0.0833. The number of anilines is 1. The number of nitrogens with zero attached hydrogens (tertiary/aromatic N) is 2. The molecule has 2 rings (SSSR count). The molecule has 0 saturated heterocycles. The van der Waals surface area contributed by atoms with E-state index in [9.17, 15) is 4.79 Å². The van der Waals surface area contributed by atoms with Crippen molar-refractivity contribution >= 4 is 17.3 Å². The van der Waals surface area contributed by atoms with Crippen molar-refractivity contribution < 1.29 is 0 Å². The lowest BCUT2D eigenvalue weighted by atomic mass is 10.1. The highest BCUT2D eigenvalue weighted by Gasteiger charge is 2.04. The molecule has 0 radical (unpaired) electrons. The predicted molar refractivity (Wildman–Crippen MR) is 68.4 cm³/mol. The largest absolute Gasteiger partial charge is 0.378 e. The summed E-state index contributed by atoms with van der Waals surface area (Å²) in [5, 5.41) is 17.7. The molecule has 1 aromatic carbocycles. The van der Waals surface area contributed by atoms with Crippen LogP contribution < -0.4 is 10.9 Å². The van der Waals surface area contributed by atoms with Crippen LogP contribution in [0.1, 0.15) is 11.1 Å². The van der Waals surface area contributed by atoms with Crippen LogP contribution in [0.4, 0.5) is 5.69 Å². The summed E-state index contributed by atoms with van der Waals surface area (Å²) < 4.78 is 0. The number of rotatable bonds is 3. The zero-order chi connectivity index (χ0) is 13.0. The molecule has 90 valence electrons. The molecule has 18 heavy (non-hydrogen) atoms. The molecule has 0 bridgehead atoms. The van der Waals surface area contributed by atoms with Gasteiger partial charge in [0.2, 0.25) is 0 Å². The molecule has 2 aromatic rings. The van der Waals surface area contributed by atoms with Crippen LogP contribution in [0.2, 0.25) is 5.02 Å². The van der Waals surface area contributed by atoms with Crippen molar-refractivity contribution in [3.8, 4) is 6.07 Å². The quantitative estimate of drug-likeness (QED) is 0.883. The molecular formula is C12H9ClN4O. The molecule has 0 fully saturated rings. The minimum Gasteiger partial charge on any atom is -0.378 e. The van der Waals surface area contributed by atoms with Crippen molar-refractivity contribution in [1.29, 1.82) is 5.26 Å². The van der Waals surface area contributed by atoms with Gasteiger partial charge in [0.15, 0.2) is 0 Å². The molecule has 0 aliphatic rings. The Bertz CT molecular complexity index is 642. The van der Waals surface area contributed by atoms with Crippen molar-refractivity contribution in [2.24, 2.45) is 0 Å². The smallest absolute Gasteiger partial charge is 0.285 e. The van der Waals surface area contributed by atoms with E-state index in [-0.39, 0.29) is 5.02 Å². The van der Waals surface area contributed by atoms with Crippen LogP contribution in [-0.4, -0.2) is 10.2 Å². The van der Waals surface area contributed by atoms with E-state index in [4.69, 9.17) is 16.9 Å². The molecule has 5 nitrogen and oxygen atoms in total. The molecule has 0 saturated carbocycles. The molecule has 2 N–H and O–H groups in total. The highest BCUT2D eigenvalue weighted by Crippen LogP contribution is 2.15. The molecule has 1 aromatic heterocycles. The number of aromatic amines is 1. The summed E-state index contributed by atoms with van der Waals surface area (Å²) in [6, 6.07) is 9.18. The van der Waals surface area contributed by atoms with E-state index in [0.29, 0.717) is 17.8 Å².